The topological polar surface area (TPSA) is 9.23 Å². The second-order valence-electron chi connectivity index (χ2n) is 8.47. The molecule has 2 atom stereocenters. The maximum Gasteiger partial charge on any atom is 0.0635 e. The predicted molar refractivity (Wildman–Crippen MR) is 89.5 cm³/mol. The monoisotopic (exact) mass is 292 g/mol. The Bertz CT molecular complexity index is 325. The number of hydrogen-bond acceptors (Lipinski definition) is 1. The number of methoxy groups -OCH3 is 1. The highest BCUT2D eigenvalue weighted by Gasteiger charge is 2.57. The highest BCUT2D eigenvalue weighted by atomic mass is 16.5. The molecule has 3 rings (SSSR count). The highest BCUT2D eigenvalue weighted by Crippen LogP contribution is 2.63. The molecule has 0 aromatic carbocycles. The van der Waals surface area contributed by atoms with Gasteiger partial charge in [0, 0.05) is 12.5 Å². The maximum absolute atomic E-state index is 6.18. The Morgan fingerprint density at radius 3 is 1.95 bits per heavy atom. The zero-order chi connectivity index (χ0) is 14.8. The third-order valence-corrected chi connectivity index (χ3v) is 7.58. The Labute approximate surface area is 132 Å². The van der Waals surface area contributed by atoms with Gasteiger partial charge in [-0.2, -0.15) is 0 Å². The molecular formula is C20H36O. The minimum Gasteiger partial charge on any atom is -0.381 e. The number of rotatable bonds is 3. The smallest absolute Gasteiger partial charge is 0.0635 e. The van der Waals surface area contributed by atoms with Crippen molar-refractivity contribution in [2.45, 2.75) is 103 Å². The van der Waals surface area contributed by atoms with E-state index in [9.17, 15) is 0 Å². The number of hydrogen-bond donors (Lipinski definition) is 0. The molecule has 1 heteroatoms. The molecule has 0 aromatic heterocycles. The van der Waals surface area contributed by atoms with Gasteiger partial charge >= 0.3 is 0 Å². The van der Waals surface area contributed by atoms with E-state index in [4.69, 9.17) is 4.74 Å². The molecule has 3 aliphatic carbocycles. The van der Waals surface area contributed by atoms with Crippen LogP contribution in [0.15, 0.2) is 0 Å². The van der Waals surface area contributed by atoms with E-state index in [2.05, 4.69) is 6.92 Å². The van der Waals surface area contributed by atoms with Gasteiger partial charge in [-0.15, -0.1) is 0 Å². The molecular weight excluding hydrogens is 256 g/mol. The average molecular weight is 293 g/mol. The Morgan fingerprint density at radius 1 is 0.714 bits per heavy atom. The summed E-state index contributed by atoms with van der Waals surface area (Å²) in [5, 5.41) is 0. The summed E-state index contributed by atoms with van der Waals surface area (Å²) < 4.78 is 6.18. The minimum absolute atomic E-state index is 0.501. The maximum atomic E-state index is 6.18. The van der Waals surface area contributed by atoms with Crippen LogP contribution < -0.4 is 0 Å². The first kappa shape index (κ1) is 15.8. The molecule has 1 nitrogen and oxygen atoms in total. The molecule has 0 amide bonds. The second-order valence-corrected chi connectivity index (χ2v) is 8.47. The van der Waals surface area contributed by atoms with Crippen molar-refractivity contribution in [1.29, 1.82) is 0 Å². The lowest BCUT2D eigenvalue weighted by molar-refractivity contribution is -0.168. The van der Waals surface area contributed by atoms with Crippen LogP contribution in [0.25, 0.3) is 0 Å². The third kappa shape index (κ3) is 2.69. The van der Waals surface area contributed by atoms with Crippen molar-refractivity contribution < 1.29 is 4.74 Å². The van der Waals surface area contributed by atoms with Crippen LogP contribution >= 0.6 is 0 Å². The van der Waals surface area contributed by atoms with E-state index in [0.717, 1.165) is 5.92 Å². The quantitative estimate of drug-likeness (QED) is 0.609. The summed E-state index contributed by atoms with van der Waals surface area (Å²) in [5.74, 6) is 0.944. The summed E-state index contributed by atoms with van der Waals surface area (Å²) in [6, 6.07) is 0. The largest absolute Gasteiger partial charge is 0.381 e. The summed E-state index contributed by atoms with van der Waals surface area (Å²) in [6.45, 7) is 2.65. The fourth-order valence-electron chi connectivity index (χ4n) is 6.56. The van der Waals surface area contributed by atoms with Gasteiger partial charge < -0.3 is 4.74 Å². The molecule has 0 heterocycles. The Balaban J connectivity index is 1.95. The zero-order valence-corrected chi connectivity index (χ0v) is 14.5. The summed E-state index contributed by atoms with van der Waals surface area (Å²) in [6.07, 6.45) is 20.8. The van der Waals surface area contributed by atoms with Crippen LogP contribution in [0.2, 0.25) is 0 Å². The van der Waals surface area contributed by atoms with Crippen LogP contribution in [-0.4, -0.2) is 13.2 Å². The van der Waals surface area contributed by atoms with Crippen molar-refractivity contribution >= 4 is 0 Å². The molecule has 21 heavy (non-hydrogen) atoms. The van der Waals surface area contributed by atoms with Gasteiger partial charge in [-0.1, -0.05) is 58.3 Å². The molecule has 3 fully saturated rings. The Hall–Kier alpha value is -0.0400. The molecule has 122 valence electrons. The summed E-state index contributed by atoms with van der Waals surface area (Å²) in [4.78, 5) is 0. The van der Waals surface area contributed by atoms with Crippen LogP contribution in [-0.2, 0) is 4.74 Å². The van der Waals surface area contributed by atoms with Crippen LogP contribution in [0.1, 0.15) is 96.8 Å². The molecule has 3 aliphatic rings. The van der Waals surface area contributed by atoms with Gasteiger partial charge in [-0.25, -0.2) is 0 Å². The van der Waals surface area contributed by atoms with Crippen molar-refractivity contribution in [2.75, 3.05) is 7.11 Å². The molecule has 0 saturated heterocycles. The van der Waals surface area contributed by atoms with E-state index in [1.54, 1.807) is 0 Å². The Kier molecular flexibility index (Phi) is 4.98. The van der Waals surface area contributed by atoms with Crippen LogP contribution in [0.5, 0.6) is 0 Å². The van der Waals surface area contributed by atoms with Gasteiger partial charge in [0.25, 0.3) is 0 Å². The van der Waals surface area contributed by atoms with Crippen LogP contribution in [0.3, 0.4) is 0 Å². The second kappa shape index (κ2) is 6.60. The van der Waals surface area contributed by atoms with E-state index in [1.165, 1.54) is 89.9 Å². The van der Waals surface area contributed by atoms with Crippen molar-refractivity contribution in [3.05, 3.63) is 0 Å². The van der Waals surface area contributed by atoms with Crippen molar-refractivity contribution in [3.8, 4) is 0 Å². The van der Waals surface area contributed by atoms with E-state index in [0.29, 0.717) is 16.9 Å². The average Bonchev–Trinajstić information content (AvgIpc) is 2.56. The molecule has 0 spiro atoms. The minimum atomic E-state index is 0.501. The molecule has 0 aromatic rings. The van der Waals surface area contributed by atoms with E-state index in [-0.39, 0.29) is 0 Å². The molecule has 0 radical (unpaired) electrons. The standard InChI is InChI=1S/C20H36O/c1-19(14-8-4-9-15-19)20(17-11-5-3-6-12-17)16-10-7-13-18(20)21-2/h17-18H,3-16H2,1-2H3. The molecule has 0 aliphatic heterocycles. The van der Waals surface area contributed by atoms with E-state index >= 15 is 0 Å². The van der Waals surface area contributed by atoms with Gasteiger partial charge in [0.15, 0.2) is 0 Å². The van der Waals surface area contributed by atoms with Gasteiger partial charge in [0.05, 0.1) is 6.10 Å². The van der Waals surface area contributed by atoms with Crippen LogP contribution in [0.4, 0.5) is 0 Å². The fourth-order valence-corrected chi connectivity index (χ4v) is 6.56. The SMILES string of the molecule is COC1CCCCC1(C1CCCCC1)C1(C)CCCCC1. The Morgan fingerprint density at radius 2 is 1.29 bits per heavy atom. The van der Waals surface area contributed by atoms with Crippen molar-refractivity contribution in [2.24, 2.45) is 16.7 Å². The normalized spacial score (nSPS) is 38.3. The van der Waals surface area contributed by atoms with Crippen LogP contribution in [0, 0.1) is 16.7 Å². The fraction of sp³-hybridized carbons (Fsp3) is 1.00. The predicted octanol–water partition coefficient (Wildman–Crippen LogP) is 6.11. The van der Waals surface area contributed by atoms with Crippen molar-refractivity contribution in [1.82, 2.24) is 0 Å². The molecule has 2 unspecified atom stereocenters. The van der Waals surface area contributed by atoms with Gasteiger partial charge in [-0.3, -0.25) is 0 Å². The lowest BCUT2D eigenvalue weighted by atomic mass is 9.46. The first-order valence-corrected chi connectivity index (χ1v) is 9.76. The lowest BCUT2D eigenvalue weighted by Gasteiger charge is -2.61. The zero-order valence-electron chi connectivity index (χ0n) is 14.5. The van der Waals surface area contributed by atoms with E-state index < -0.39 is 0 Å². The summed E-state index contributed by atoms with van der Waals surface area (Å²) in [5.41, 5.74) is 1.05. The first-order valence-electron chi connectivity index (χ1n) is 9.76. The summed E-state index contributed by atoms with van der Waals surface area (Å²) in [7, 11) is 2.00. The number of ether oxygens (including phenoxy) is 1. The van der Waals surface area contributed by atoms with Gasteiger partial charge in [-0.05, 0) is 49.9 Å². The highest BCUT2D eigenvalue weighted by molar-refractivity contribution is 5.06. The molecule has 3 saturated carbocycles. The first-order chi connectivity index (χ1) is 10.2. The molecule has 0 N–H and O–H groups in total. The lowest BCUT2D eigenvalue weighted by Crippen LogP contribution is -2.56. The summed E-state index contributed by atoms with van der Waals surface area (Å²) >= 11 is 0. The molecule has 0 bridgehead atoms. The van der Waals surface area contributed by atoms with E-state index in [1.807, 2.05) is 7.11 Å². The third-order valence-electron chi connectivity index (χ3n) is 7.58. The van der Waals surface area contributed by atoms with Crippen molar-refractivity contribution in [3.63, 3.8) is 0 Å². The van der Waals surface area contributed by atoms with Gasteiger partial charge in [0.2, 0.25) is 0 Å². The van der Waals surface area contributed by atoms with Gasteiger partial charge in [0.1, 0.15) is 0 Å².